The molecular formula is C12H23NO3. The average Bonchev–Trinajstić information content (AvgIpc) is 2.21. The molecule has 0 aromatic rings. The SMILES string of the molecule is CCC(C)(C)OC(=O)NC1CCC(O)CC1. The van der Waals surface area contributed by atoms with Crippen LogP contribution in [-0.2, 0) is 4.74 Å². The van der Waals surface area contributed by atoms with E-state index in [9.17, 15) is 9.90 Å². The molecule has 1 aliphatic carbocycles. The molecule has 94 valence electrons. The zero-order chi connectivity index (χ0) is 12.2. The van der Waals surface area contributed by atoms with Crippen LogP contribution in [0.25, 0.3) is 0 Å². The van der Waals surface area contributed by atoms with Crippen LogP contribution >= 0.6 is 0 Å². The lowest BCUT2D eigenvalue weighted by molar-refractivity contribution is 0.0311. The van der Waals surface area contributed by atoms with Crippen LogP contribution in [0, 0.1) is 0 Å². The summed E-state index contributed by atoms with van der Waals surface area (Å²) in [6, 6.07) is 0.156. The maximum atomic E-state index is 11.6. The molecule has 1 saturated carbocycles. The van der Waals surface area contributed by atoms with E-state index >= 15 is 0 Å². The molecule has 0 aromatic carbocycles. The summed E-state index contributed by atoms with van der Waals surface area (Å²) >= 11 is 0. The minimum absolute atomic E-state index is 0.156. The van der Waals surface area contributed by atoms with Crippen LogP contribution in [-0.4, -0.2) is 28.9 Å². The Bertz CT molecular complexity index is 232. The summed E-state index contributed by atoms with van der Waals surface area (Å²) in [5, 5.41) is 12.2. The van der Waals surface area contributed by atoms with Crippen LogP contribution in [0.1, 0.15) is 52.9 Å². The second-order valence-corrected chi connectivity index (χ2v) is 5.15. The zero-order valence-corrected chi connectivity index (χ0v) is 10.5. The highest BCUT2D eigenvalue weighted by molar-refractivity contribution is 5.68. The third kappa shape index (κ3) is 4.39. The van der Waals surface area contributed by atoms with Gasteiger partial charge in [-0.25, -0.2) is 4.79 Å². The summed E-state index contributed by atoms with van der Waals surface area (Å²) in [4.78, 5) is 11.6. The first-order valence-electron chi connectivity index (χ1n) is 6.10. The molecule has 0 unspecified atom stereocenters. The number of carbonyl (C=O) groups excluding carboxylic acids is 1. The summed E-state index contributed by atoms with van der Waals surface area (Å²) in [5.74, 6) is 0. The fraction of sp³-hybridized carbons (Fsp3) is 0.917. The smallest absolute Gasteiger partial charge is 0.407 e. The molecule has 16 heavy (non-hydrogen) atoms. The van der Waals surface area contributed by atoms with Crippen LogP contribution in [0.4, 0.5) is 4.79 Å². The fourth-order valence-corrected chi connectivity index (χ4v) is 1.74. The highest BCUT2D eigenvalue weighted by atomic mass is 16.6. The number of amides is 1. The van der Waals surface area contributed by atoms with Gasteiger partial charge in [0.15, 0.2) is 0 Å². The molecule has 0 aliphatic heterocycles. The quantitative estimate of drug-likeness (QED) is 0.780. The van der Waals surface area contributed by atoms with Crippen LogP contribution in [0.2, 0.25) is 0 Å². The Hall–Kier alpha value is -0.770. The molecule has 0 radical (unpaired) electrons. The van der Waals surface area contributed by atoms with Crippen molar-refractivity contribution < 1.29 is 14.6 Å². The van der Waals surface area contributed by atoms with Crippen molar-refractivity contribution in [2.45, 2.75) is 70.6 Å². The van der Waals surface area contributed by atoms with Crippen molar-refractivity contribution in [2.24, 2.45) is 0 Å². The van der Waals surface area contributed by atoms with Gasteiger partial charge in [0.2, 0.25) is 0 Å². The maximum Gasteiger partial charge on any atom is 0.407 e. The number of hydrogen-bond acceptors (Lipinski definition) is 3. The molecule has 2 N–H and O–H groups in total. The lowest BCUT2D eigenvalue weighted by Gasteiger charge is -2.28. The van der Waals surface area contributed by atoms with Crippen LogP contribution < -0.4 is 5.32 Å². The van der Waals surface area contributed by atoms with E-state index in [0.717, 1.165) is 32.1 Å². The molecule has 0 bridgehead atoms. The summed E-state index contributed by atoms with van der Waals surface area (Å²) in [6.07, 6.45) is 3.47. The first-order valence-corrected chi connectivity index (χ1v) is 6.10. The van der Waals surface area contributed by atoms with Crippen LogP contribution in [0.15, 0.2) is 0 Å². The Morgan fingerprint density at radius 1 is 1.38 bits per heavy atom. The predicted molar refractivity (Wildman–Crippen MR) is 62.2 cm³/mol. The molecule has 1 aliphatic rings. The minimum Gasteiger partial charge on any atom is -0.444 e. The standard InChI is InChI=1S/C12H23NO3/c1-4-12(2,3)16-11(15)13-9-5-7-10(14)8-6-9/h9-10,14H,4-8H2,1-3H3,(H,13,15). The Morgan fingerprint density at radius 2 is 1.94 bits per heavy atom. The van der Waals surface area contributed by atoms with Gasteiger partial charge in [-0.2, -0.15) is 0 Å². The fourth-order valence-electron chi connectivity index (χ4n) is 1.74. The molecule has 1 fully saturated rings. The molecule has 0 saturated heterocycles. The number of nitrogens with one attached hydrogen (secondary N) is 1. The van der Waals surface area contributed by atoms with Gasteiger partial charge in [0, 0.05) is 6.04 Å². The number of alkyl carbamates (subject to hydrolysis) is 1. The van der Waals surface area contributed by atoms with E-state index in [1.165, 1.54) is 0 Å². The van der Waals surface area contributed by atoms with Crippen molar-refractivity contribution in [1.29, 1.82) is 0 Å². The second-order valence-electron chi connectivity index (χ2n) is 5.15. The monoisotopic (exact) mass is 229 g/mol. The number of aliphatic hydroxyl groups is 1. The third-order valence-corrected chi connectivity index (χ3v) is 3.24. The van der Waals surface area contributed by atoms with Gasteiger partial charge in [0.05, 0.1) is 6.10 Å². The predicted octanol–water partition coefficient (Wildman–Crippen LogP) is 2.20. The maximum absolute atomic E-state index is 11.6. The van der Waals surface area contributed by atoms with E-state index in [1.54, 1.807) is 0 Å². The molecule has 0 atom stereocenters. The van der Waals surface area contributed by atoms with Gasteiger partial charge >= 0.3 is 6.09 Å². The van der Waals surface area contributed by atoms with Crippen LogP contribution in [0.3, 0.4) is 0 Å². The van der Waals surface area contributed by atoms with E-state index in [4.69, 9.17) is 4.74 Å². The van der Waals surface area contributed by atoms with Gasteiger partial charge in [0.1, 0.15) is 5.60 Å². The first kappa shape index (κ1) is 13.3. The van der Waals surface area contributed by atoms with E-state index in [-0.39, 0.29) is 18.2 Å². The van der Waals surface area contributed by atoms with E-state index in [1.807, 2.05) is 20.8 Å². The summed E-state index contributed by atoms with van der Waals surface area (Å²) in [6.45, 7) is 5.79. The van der Waals surface area contributed by atoms with E-state index in [0.29, 0.717) is 0 Å². The molecular weight excluding hydrogens is 206 g/mol. The van der Waals surface area contributed by atoms with Crippen molar-refractivity contribution in [3.63, 3.8) is 0 Å². The van der Waals surface area contributed by atoms with Gasteiger partial charge in [0.25, 0.3) is 0 Å². The van der Waals surface area contributed by atoms with Gasteiger partial charge < -0.3 is 15.2 Å². The molecule has 0 heterocycles. The highest BCUT2D eigenvalue weighted by Gasteiger charge is 2.24. The topological polar surface area (TPSA) is 58.6 Å². The van der Waals surface area contributed by atoms with Gasteiger partial charge in [-0.1, -0.05) is 6.92 Å². The molecule has 0 spiro atoms. The highest BCUT2D eigenvalue weighted by Crippen LogP contribution is 2.19. The minimum atomic E-state index is -0.404. The third-order valence-electron chi connectivity index (χ3n) is 3.24. The largest absolute Gasteiger partial charge is 0.444 e. The van der Waals surface area contributed by atoms with Gasteiger partial charge in [-0.3, -0.25) is 0 Å². The Kier molecular flexibility index (Phi) is 4.59. The average molecular weight is 229 g/mol. The number of carbonyl (C=O) groups is 1. The molecule has 4 nitrogen and oxygen atoms in total. The van der Waals surface area contributed by atoms with E-state index < -0.39 is 5.60 Å². The number of aliphatic hydroxyl groups excluding tert-OH is 1. The second kappa shape index (κ2) is 5.53. The zero-order valence-electron chi connectivity index (χ0n) is 10.5. The molecule has 0 aromatic heterocycles. The lowest BCUT2D eigenvalue weighted by atomic mass is 9.93. The van der Waals surface area contributed by atoms with Crippen LogP contribution in [0.5, 0.6) is 0 Å². The Balaban J connectivity index is 2.29. The first-order chi connectivity index (χ1) is 7.43. The van der Waals surface area contributed by atoms with Crippen molar-refractivity contribution in [2.75, 3.05) is 0 Å². The Labute approximate surface area is 97.4 Å². The normalized spacial score (nSPS) is 26.2. The number of hydrogen-bond donors (Lipinski definition) is 2. The van der Waals surface area contributed by atoms with E-state index in [2.05, 4.69) is 5.32 Å². The van der Waals surface area contributed by atoms with Crippen molar-refractivity contribution >= 4 is 6.09 Å². The molecule has 1 amide bonds. The summed E-state index contributed by atoms with van der Waals surface area (Å²) in [5.41, 5.74) is -0.404. The number of rotatable bonds is 3. The van der Waals surface area contributed by atoms with Crippen molar-refractivity contribution in [1.82, 2.24) is 5.32 Å². The summed E-state index contributed by atoms with van der Waals surface area (Å²) in [7, 11) is 0. The lowest BCUT2D eigenvalue weighted by Crippen LogP contribution is -2.42. The van der Waals surface area contributed by atoms with Gasteiger partial charge in [-0.15, -0.1) is 0 Å². The number of ether oxygens (including phenoxy) is 1. The van der Waals surface area contributed by atoms with Gasteiger partial charge in [-0.05, 0) is 46.0 Å². The Morgan fingerprint density at radius 3 is 2.44 bits per heavy atom. The summed E-state index contributed by atoms with van der Waals surface area (Å²) < 4.78 is 5.30. The molecule has 1 rings (SSSR count). The van der Waals surface area contributed by atoms with Crippen molar-refractivity contribution in [3.8, 4) is 0 Å². The molecule has 4 heteroatoms. The van der Waals surface area contributed by atoms with Crippen molar-refractivity contribution in [3.05, 3.63) is 0 Å².